The summed E-state index contributed by atoms with van der Waals surface area (Å²) in [7, 11) is 1.29. The molecule has 2 aromatic carbocycles. The molecule has 21 heavy (non-hydrogen) atoms. The molecule has 0 N–H and O–H groups in total. The van der Waals surface area contributed by atoms with Crippen molar-refractivity contribution >= 4 is 54.5 Å². The Bertz CT molecular complexity index is 758. The van der Waals surface area contributed by atoms with Crippen LogP contribution >= 0.6 is 45.5 Å². The first kappa shape index (κ1) is 16.7. The molecule has 0 aliphatic rings. The van der Waals surface area contributed by atoms with Gasteiger partial charge in [-0.05, 0) is 29.8 Å². The third-order valence-electron chi connectivity index (χ3n) is 2.58. The summed E-state index contributed by atoms with van der Waals surface area (Å²) in [4.78, 5) is -0.255. The van der Waals surface area contributed by atoms with E-state index in [1.807, 2.05) is 0 Å². The molecule has 0 aromatic heterocycles. The van der Waals surface area contributed by atoms with E-state index in [0.717, 1.165) is 5.56 Å². The minimum atomic E-state index is -3.96. The van der Waals surface area contributed by atoms with Gasteiger partial charge in [-0.25, -0.2) is 8.42 Å². The van der Waals surface area contributed by atoms with E-state index in [1.54, 1.807) is 24.3 Å². The summed E-state index contributed by atoms with van der Waals surface area (Å²) in [6, 6.07) is 9.72. The third-order valence-corrected chi connectivity index (χ3v) is 5.17. The molecule has 0 saturated carbocycles. The van der Waals surface area contributed by atoms with Gasteiger partial charge in [-0.1, -0.05) is 46.9 Å². The molecule has 0 amide bonds. The van der Waals surface area contributed by atoms with Crippen molar-refractivity contribution in [3.63, 3.8) is 0 Å². The Labute approximate surface area is 141 Å². The largest absolute Gasteiger partial charge is 0.487 e. The van der Waals surface area contributed by atoms with E-state index in [-0.39, 0.29) is 27.3 Å². The zero-order chi connectivity index (χ0) is 15.6. The maximum absolute atomic E-state index is 11.3. The fourth-order valence-corrected chi connectivity index (χ4v) is 3.47. The number of halogens is 4. The van der Waals surface area contributed by atoms with Gasteiger partial charge in [0.1, 0.15) is 22.3 Å². The summed E-state index contributed by atoms with van der Waals surface area (Å²) >= 11 is 17.7. The fourth-order valence-electron chi connectivity index (χ4n) is 1.56. The molecule has 0 fully saturated rings. The first-order valence-electron chi connectivity index (χ1n) is 5.59. The van der Waals surface area contributed by atoms with Crippen LogP contribution in [0.15, 0.2) is 41.3 Å². The number of benzene rings is 2. The van der Waals surface area contributed by atoms with E-state index >= 15 is 0 Å². The van der Waals surface area contributed by atoms with Crippen LogP contribution in [0, 0.1) is 0 Å². The van der Waals surface area contributed by atoms with Crippen molar-refractivity contribution in [1.82, 2.24) is 0 Å². The lowest BCUT2D eigenvalue weighted by molar-refractivity contribution is 0.306. The maximum atomic E-state index is 11.3. The van der Waals surface area contributed by atoms with Crippen LogP contribution in [-0.4, -0.2) is 8.42 Å². The monoisotopic (exact) mass is 384 g/mol. The van der Waals surface area contributed by atoms with E-state index in [2.05, 4.69) is 0 Å². The standard InChI is InChI=1S/C13H8Cl4O3S/c14-9-3-1-8(2-4-9)7-20-10-5-6-11(21(17,18)19)13(16)12(10)15/h1-6H,7H2. The van der Waals surface area contributed by atoms with E-state index in [1.165, 1.54) is 12.1 Å². The topological polar surface area (TPSA) is 43.4 Å². The molecule has 0 spiro atoms. The predicted molar refractivity (Wildman–Crippen MR) is 85.3 cm³/mol. The molecule has 0 bridgehead atoms. The molecule has 0 aliphatic heterocycles. The second-order valence-corrected chi connectivity index (χ2v) is 7.77. The molecular weight excluding hydrogens is 378 g/mol. The van der Waals surface area contributed by atoms with Crippen molar-refractivity contribution in [2.75, 3.05) is 0 Å². The molecule has 0 heterocycles. The van der Waals surface area contributed by atoms with Crippen molar-refractivity contribution in [2.24, 2.45) is 0 Å². The molecular formula is C13H8Cl4O3S. The van der Waals surface area contributed by atoms with Crippen LogP contribution in [0.25, 0.3) is 0 Å². The fraction of sp³-hybridized carbons (Fsp3) is 0.0769. The Balaban J connectivity index is 2.22. The Morgan fingerprint density at radius 3 is 2.10 bits per heavy atom. The van der Waals surface area contributed by atoms with Crippen molar-refractivity contribution in [1.29, 1.82) is 0 Å². The van der Waals surface area contributed by atoms with Gasteiger partial charge >= 0.3 is 0 Å². The van der Waals surface area contributed by atoms with Crippen LogP contribution in [0.2, 0.25) is 15.1 Å². The van der Waals surface area contributed by atoms with Gasteiger partial charge in [-0.15, -0.1) is 0 Å². The summed E-state index contributed by atoms with van der Waals surface area (Å²) < 4.78 is 28.1. The lowest BCUT2D eigenvalue weighted by Gasteiger charge is -2.11. The lowest BCUT2D eigenvalue weighted by Crippen LogP contribution is -1.98. The van der Waals surface area contributed by atoms with Crippen molar-refractivity contribution in [3.05, 3.63) is 57.0 Å². The van der Waals surface area contributed by atoms with Crippen LogP contribution in [0.5, 0.6) is 5.75 Å². The molecule has 8 heteroatoms. The first-order chi connectivity index (χ1) is 9.79. The average Bonchev–Trinajstić information content (AvgIpc) is 2.41. The summed E-state index contributed by atoms with van der Waals surface area (Å²) in [6.45, 7) is 0.236. The third kappa shape index (κ3) is 4.18. The highest BCUT2D eigenvalue weighted by Gasteiger charge is 2.19. The van der Waals surface area contributed by atoms with Crippen molar-refractivity contribution in [3.8, 4) is 5.75 Å². The number of ether oxygens (including phenoxy) is 1. The van der Waals surface area contributed by atoms with Gasteiger partial charge in [-0.2, -0.15) is 0 Å². The SMILES string of the molecule is O=S(=O)(Cl)c1ccc(OCc2ccc(Cl)cc2)c(Cl)c1Cl. The van der Waals surface area contributed by atoms with E-state index in [9.17, 15) is 8.42 Å². The Hall–Kier alpha value is -0.650. The van der Waals surface area contributed by atoms with Gasteiger partial charge in [0, 0.05) is 15.7 Å². The zero-order valence-corrected chi connectivity index (χ0v) is 14.2. The van der Waals surface area contributed by atoms with Gasteiger partial charge in [0.15, 0.2) is 0 Å². The van der Waals surface area contributed by atoms with Gasteiger partial charge in [0.25, 0.3) is 9.05 Å². The molecule has 3 nitrogen and oxygen atoms in total. The van der Waals surface area contributed by atoms with Crippen LogP contribution in [0.3, 0.4) is 0 Å². The summed E-state index contributed by atoms with van der Waals surface area (Å²) in [5.41, 5.74) is 0.876. The maximum Gasteiger partial charge on any atom is 0.262 e. The summed E-state index contributed by atoms with van der Waals surface area (Å²) in [5, 5.41) is 0.448. The molecule has 112 valence electrons. The quantitative estimate of drug-likeness (QED) is 0.683. The highest BCUT2D eigenvalue weighted by molar-refractivity contribution is 8.13. The summed E-state index contributed by atoms with van der Waals surface area (Å²) in [6.07, 6.45) is 0. The Morgan fingerprint density at radius 2 is 1.52 bits per heavy atom. The van der Waals surface area contributed by atoms with Gasteiger partial charge in [0.05, 0.1) is 5.02 Å². The molecule has 0 atom stereocenters. The predicted octanol–water partition coefficient (Wildman–Crippen LogP) is 5.15. The first-order valence-corrected chi connectivity index (χ1v) is 9.03. The van der Waals surface area contributed by atoms with E-state index < -0.39 is 9.05 Å². The van der Waals surface area contributed by atoms with E-state index in [0.29, 0.717) is 5.02 Å². The average molecular weight is 386 g/mol. The Morgan fingerprint density at radius 1 is 0.905 bits per heavy atom. The number of rotatable bonds is 4. The zero-order valence-electron chi connectivity index (χ0n) is 10.3. The smallest absolute Gasteiger partial charge is 0.262 e. The van der Waals surface area contributed by atoms with Crippen molar-refractivity contribution in [2.45, 2.75) is 11.5 Å². The second-order valence-electron chi connectivity index (χ2n) is 4.04. The molecule has 0 radical (unpaired) electrons. The van der Waals surface area contributed by atoms with Gasteiger partial charge < -0.3 is 4.74 Å². The molecule has 2 rings (SSSR count). The van der Waals surface area contributed by atoms with Crippen LogP contribution in [0.4, 0.5) is 0 Å². The van der Waals surface area contributed by atoms with E-state index in [4.69, 9.17) is 50.2 Å². The van der Waals surface area contributed by atoms with Gasteiger partial charge in [-0.3, -0.25) is 0 Å². The normalized spacial score (nSPS) is 11.4. The number of hydrogen-bond donors (Lipinski definition) is 0. The molecule has 2 aromatic rings. The minimum absolute atomic E-state index is 0.00708. The Kier molecular flexibility index (Phi) is 5.28. The number of hydrogen-bond acceptors (Lipinski definition) is 3. The molecule has 0 unspecified atom stereocenters. The van der Waals surface area contributed by atoms with Crippen LogP contribution in [-0.2, 0) is 15.7 Å². The van der Waals surface area contributed by atoms with Gasteiger partial charge in [0.2, 0.25) is 0 Å². The van der Waals surface area contributed by atoms with Crippen molar-refractivity contribution < 1.29 is 13.2 Å². The highest BCUT2D eigenvalue weighted by atomic mass is 35.7. The highest BCUT2D eigenvalue weighted by Crippen LogP contribution is 2.38. The van der Waals surface area contributed by atoms with Crippen LogP contribution in [0.1, 0.15) is 5.56 Å². The summed E-state index contributed by atoms with van der Waals surface area (Å²) in [5.74, 6) is 0.265. The second kappa shape index (κ2) is 6.63. The molecule has 0 aliphatic carbocycles. The van der Waals surface area contributed by atoms with Crippen LogP contribution < -0.4 is 4.74 Å². The minimum Gasteiger partial charge on any atom is -0.487 e. The lowest BCUT2D eigenvalue weighted by atomic mass is 10.2. The molecule has 0 saturated heterocycles.